The zero-order valence-electron chi connectivity index (χ0n) is 10.3. The molecule has 1 N–H and O–H groups in total. The van der Waals surface area contributed by atoms with Crippen molar-refractivity contribution in [1.29, 1.82) is 0 Å². The number of carbonyl (C=O) groups is 1. The van der Waals surface area contributed by atoms with Crippen molar-refractivity contribution in [2.75, 3.05) is 0 Å². The van der Waals surface area contributed by atoms with Crippen LogP contribution in [-0.4, -0.2) is 11.1 Å². The van der Waals surface area contributed by atoms with Gasteiger partial charge in [0.05, 0.1) is 0 Å². The van der Waals surface area contributed by atoms with Gasteiger partial charge in [0.15, 0.2) is 0 Å². The topological polar surface area (TPSA) is 37.3 Å². The lowest BCUT2D eigenvalue weighted by molar-refractivity contribution is -0.137. The van der Waals surface area contributed by atoms with Gasteiger partial charge in [-0.25, -0.2) is 0 Å². The summed E-state index contributed by atoms with van der Waals surface area (Å²) >= 11 is 0. The van der Waals surface area contributed by atoms with Crippen LogP contribution in [0.5, 0.6) is 0 Å². The molecule has 0 heterocycles. The first-order valence-electron chi connectivity index (χ1n) is 5.38. The Hall–Kier alpha value is -1.05. The van der Waals surface area contributed by atoms with Crippen molar-refractivity contribution in [2.45, 2.75) is 47.5 Å². The molecule has 2 nitrogen and oxygen atoms in total. The van der Waals surface area contributed by atoms with Gasteiger partial charge in [-0.2, -0.15) is 0 Å². The maximum Gasteiger partial charge on any atom is 0.303 e. The molecule has 0 amide bonds. The number of aliphatic carboxylic acids is 1. The van der Waals surface area contributed by atoms with E-state index in [-0.39, 0.29) is 11.8 Å². The normalized spacial score (nSPS) is 20.1. The van der Waals surface area contributed by atoms with Gasteiger partial charge in [0.25, 0.3) is 0 Å². The number of carboxylic acid groups (broad SMARTS) is 1. The fourth-order valence-electron chi connectivity index (χ4n) is 2.40. The molecule has 1 rings (SSSR count). The molecule has 0 atom stereocenters. The van der Waals surface area contributed by atoms with E-state index < -0.39 is 5.97 Å². The fourth-order valence-corrected chi connectivity index (χ4v) is 2.40. The molecule has 0 fully saturated rings. The molecule has 0 saturated heterocycles. The van der Waals surface area contributed by atoms with Gasteiger partial charge in [0.1, 0.15) is 0 Å². The van der Waals surface area contributed by atoms with Gasteiger partial charge in [0.2, 0.25) is 0 Å². The van der Waals surface area contributed by atoms with Crippen molar-refractivity contribution in [3.05, 3.63) is 22.3 Å². The summed E-state index contributed by atoms with van der Waals surface area (Å²) in [5, 5.41) is 8.76. The van der Waals surface area contributed by atoms with Crippen LogP contribution in [0.2, 0.25) is 0 Å². The lowest BCUT2D eigenvalue weighted by atomic mass is 9.76. The van der Waals surface area contributed by atoms with Gasteiger partial charge in [-0.15, -0.1) is 0 Å². The molecule has 1 aliphatic carbocycles. The quantitative estimate of drug-likeness (QED) is 0.770. The van der Waals surface area contributed by atoms with Crippen LogP contribution in [0.1, 0.15) is 47.5 Å². The minimum Gasteiger partial charge on any atom is -0.481 e. The van der Waals surface area contributed by atoms with Crippen molar-refractivity contribution in [3.8, 4) is 0 Å². The van der Waals surface area contributed by atoms with E-state index >= 15 is 0 Å². The Morgan fingerprint density at radius 3 is 1.87 bits per heavy atom. The fraction of sp³-hybridized carbons (Fsp3) is 0.615. The summed E-state index contributed by atoms with van der Waals surface area (Å²) in [6, 6.07) is 0. The Kier molecular flexibility index (Phi) is 3.08. The first-order valence-corrected chi connectivity index (χ1v) is 5.38. The number of carboxylic acids is 1. The molecule has 0 saturated carbocycles. The van der Waals surface area contributed by atoms with Crippen molar-refractivity contribution in [3.63, 3.8) is 0 Å². The van der Waals surface area contributed by atoms with E-state index in [1.807, 2.05) is 0 Å². The SMILES string of the molecule is CC1=C(C)C(C)(CCC(=O)O)C(C)=C1C. The number of rotatable bonds is 3. The third-order valence-corrected chi connectivity index (χ3v) is 4.18. The molecule has 0 unspecified atom stereocenters. The van der Waals surface area contributed by atoms with E-state index in [2.05, 4.69) is 34.6 Å². The average molecular weight is 208 g/mol. The van der Waals surface area contributed by atoms with Crippen molar-refractivity contribution in [2.24, 2.45) is 5.41 Å². The lowest BCUT2D eigenvalue weighted by Crippen LogP contribution is -2.19. The molecule has 15 heavy (non-hydrogen) atoms. The highest BCUT2D eigenvalue weighted by atomic mass is 16.4. The van der Waals surface area contributed by atoms with Gasteiger partial charge in [-0.05, 0) is 45.3 Å². The zero-order valence-corrected chi connectivity index (χ0v) is 10.3. The zero-order chi connectivity index (χ0) is 11.8. The molecule has 0 aromatic carbocycles. The summed E-state index contributed by atoms with van der Waals surface area (Å²) in [6.07, 6.45) is 0.945. The first kappa shape index (κ1) is 12.0. The number of hydrogen-bond donors (Lipinski definition) is 1. The van der Waals surface area contributed by atoms with Gasteiger partial charge in [0, 0.05) is 11.8 Å². The van der Waals surface area contributed by atoms with Gasteiger partial charge in [-0.1, -0.05) is 18.1 Å². The Bertz CT molecular complexity index is 335. The molecule has 2 heteroatoms. The lowest BCUT2D eigenvalue weighted by Gasteiger charge is -2.28. The molecule has 0 aromatic heterocycles. The standard InChI is InChI=1S/C13H20O2/c1-8-9(2)11(4)13(5,10(8)3)7-6-12(14)15/h6-7H2,1-5H3,(H,14,15). The predicted molar refractivity (Wildman–Crippen MR) is 61.7 cm³/mol. The van der Waals surface area contributed by atoms with Crippen LogP contribution in [0.15, 0.2) is 22.3 Å². The maximum atomic E-state index is 10.6. The van der Waals surface area contributed by atoms with E-state index in [4.69, 9.17) is 5.11 Å². The summed E-state index contributed by atoms with van der Waals surface area (Å²) in [5.74, 6) is -0.709. The molecule has 0 aliphatic heterocycles. The largest absolute Gasteiger partial charge is 0.481 e. The molecule has 1 aliphatic rings. The predicted octanol–water partition coefficient (Wildman–Crippen LogP) is 3.54. The Morgan fingerprint density at radius 2 is 1.53 bits per heavy atom. The van der Waals surface area contributed by atoms with Crippen LogP contribution in [0, 0.1) is 5.41 Å². The Balaban J connectivity index is 2.99. The van der Waals surface area contributed by atoms with E-state index in [1.54, 1.807) is 0 Å². The third-order valence-electron chi connectivity index (χ3n) is 4.18. The van der Waals surface area contributed by atoms with Crippen molar-refractivity contribution in [1.82, 2.24) is 0 Å². The summed E-state index contributed by atoms with van der Waals surface area (Å²) in [7, 11) is 0. The summed E-state index contributed by atoms with van der Waals surface area (Å²) in [6.45, 7) is 10.6. The molecule has 0 radical (unpaired) electrons. The highest BCUT2D eigenvalue weighted by Gasteiger charge is 2.35. The van der Waals surface area contributed by atoms with E-state index in [1.165, 1.54) is 22.3 Å². The molecule has 0 bridgehead atoms. The van der Waals surface area contributed by atoms with Gasteiger partial charge in [-0.3, -0.25) is 4.79 Å². The second kappa shape index (κ2) is 3.84. The molecule has 0 spiro atoms. The first-order chi connectivity index (χ1) is 6.80. The highest BCUT2D eigenvalue weighted by molar-refractivity contribution is 5.67. The van der Waals surface area contributed by atoms with Crippen LogP contribution in [0.25, 0.3) is 0 Å². The van der Waals surface area contributed by atoms with Crippen LogP contribution < -0.4 is 0 Å². The second-order valence-electron chi connectivity index (χ2n) is 4.73. The Labute approximate surface area is 91.7 Å². The molecule has 0 aromatic rings. The molecule has 84 valence electrons. The van der Waals surface area contributed by atoms with E-state index in [0.717, 1.165) is 0 Å². The monoisotopic (exact) mass is 208 g/mol. The average Bonchev–Trinajstić information content (AvgIpc) is 2.32. The summed E-state index contributed by atoms with van der Waals surface area (Å²) < 4.78 is 0. The molecular formula is C13H20O2. The summed E-state index contributed by atoms with van der Waals surface area (Å²) in [4.78, 5) is 10.6. The maximum absolute atomic E-state index is 10.6. The number of allylic oxidation sites excluding steroid dienone is 4. The van der Waals surface area contributed by atoms with Crippen molar-refractivity contribution >= 4 is 5.97 Å². The van der Waals surface area contributed by atoms with Gasteiger partial charge < -0.3 is 5.11 Å². The highest BCUT2D eigenvalue weighted by Crippen LogP contribution is 2.49. The minimum absolute atomic E-state index is 0.0352. The van der Waals surface area contributed by atoms with Crippen LogP contribution in [0.3, 0.4) is 0 Å². The van der Waals surface area contributed by atoms with Crippen LogP contribution in [0.4, 0.5) is 0 Å². The third kappa shape index (κ3) is 1.85. The smallest absolute Gasteiger partial charge is 0.303 e. The van der Waals surface area contributed by atoms with Gasteiger partial charge >= 0.3 is 5.97 Å². The Morgan fingerprint density at radius 1 is 1.13 bits per heavy atom. The minimum atomic E-state index is -0.709. The second-order valence-corrected chi connectivity index (χ2v) is 4.73. The number of hydrogen-bond acceptors (Lipinski definition) is 1. The summed E-state index contributed by atoms with van der Waals surface area (Å²) in [5.41, 5.74) is 5.30. The van der Waals surface area contributed by atoms with Crippen molar-refractivity contribution < 1.29 is 9.90 Å². The van der Waals surface area contributed by atoms with Crippen LogP contribution >= 0.6 is 0 Å². The van der Waals surface area contributed by atoms with E-state index in [0.29, 0.717) is 6.42 Å². The van der Waals surface area contributed by atoms with Crippen LogP contribution in [-0.2, 0) is 4.79 Å². The van der Waals surface area contributed by atoms with E-state index in [9.17, 15) is 4.79 Å². The molecular weight excluding hydrogens is 188 g/mol.